The van der Waals surface area contributed by atoms with E-state index in [0.29, 0.717) is 0 Å². The zero-order valence-corrected chi connectivity index (χ0v) is 13.5. The summed E-state index contributed by atoms with van der Waals surface area (Å²) in [7, 11) is 3.76. The molecule has 0 aliphatic heterocycles. The number of hydrogen-bond acceptors (Lipinski definition) is 3. The number of methoxy groups -OCH3 is 1. The van der Waals surface area contributed by atoms with Crippen LogP contribution in [0.1, 0.15) is 45.3 Å². The summed E-state index contributed by atoms with van der Waals surface area (Å²) in [6.07, 6.45) is 3.76. The third kappa shape index (κ3) is 2.63. The third-order valence-corrected chi connectivity index (χ3v) is 4.44. The molecule has 0 aliphatic rings. The van der Waals surface area contributed by atoms with E-state index in [0.717, 1.165) is 29.6 Å². The van der Waals surface area contributed by atoms with Crippen LogP contribution in [0.3, 0.4) is 0 Å². The van der Waals surface area contributed by atoms with E-state index >= 15 is 0 Å². The fraction of sp³-hybridized carbons (Fsp3) is 0.769. The second-order valence-electron chi connectivity index (χ2n) is 4.39. The molecule has 0 aromatic carbocycles. The van der Waals surface area contributed by atoms with Gasteiger partial charge in [0.1, 0.15) is 0 Å². The average molecular weight is 318 g/mol. The van der Waals surface area contributed by atoms with Crippen molar-refractivity contribution in [1.29, 1.82) is 0 Å². The van der Waals surface area contributed by atoms with Gasteiger partial charge in [-0.3, -0.25) is 4.68 Å². The van der Waals surface area contributed by atoms with Crippen molar-refractivity contribution in [2.75, 3.05) is 14.2 Å². The fourth-order valence-corrected chi connectivity index (χ4v) is 3.15. The van der Waals surface area contributed by atoms with Gasteiger partial charge in [0.2, 0.25) is 0 Å². The van der Waals surface area contributed by atoms with Gasteiger partial charge in [0, 0.05) is 13.7 Å². The molecule has 1 atom stereocenters. The Morgan fingerprint density at radius 3 is 2.44 bits per heavy atom. The van der Waals surface area contributed by atoms with Gasteiger partial charge in [-0.1, -0.05) is 13.8 Å². The predicted octanol–water partition coefficient (Wildman–Crippen LogP) is 3.13. The summed E-state index contributed by atoms with van der Waals surface area (Å²) in [4.78, 5) is 0. The largest absolute Gasteiger partial charge is 0.376 e. The molecule has 1 aromatic rings. The second kappa shape index (κ2) is 6.68. The lowest BCUT2D eigenvalue weighted by Gasteiger charge is -2.38. The Bertz CT molecular complexity index is 366. The highest BCUT2D eigenvalue weighted by Gasteiger charge is 2.38. The molecular weight excluding hydrogens is 294 g/mol. The van der Waals surface area contributed by atoms with Gasteiger partial charge in [-0.15, -0.1) is 0 Å². The number of rotatable bonds is 7. The van der Waals surface area contributed by atoms with Gasteiger partial charge >= 0.3 is 0 Å². The van der Waals surface area contributed by atoms with E-state index in [-0.39, 0.29) is 11.6 Å². The molecule has 5 heteroatoms. The van der Waals surface area contributed by atoms with Crippen LogP contribution in [0.5, 0.6) is 0 Å². The fourth-order valence-electron chi connectivity index (χ4n) is 2.62. The first-order valence-corrected chi connectivity index (χ1v) is 7.33. The maximum absolute atomic E-state index is 5.84. The molecule has 104 valence electrons. The van der Waals surface area contributed by atoms with Crippen LogP contribution in [0.25, 0.3) is 0 Å². The first-order valence-electron chi connectivity index (χ1n) is 6.53. The van der Waals surface area contributed by atoms with Crippen LogP contribution in [0, 0.1) is 0 Å². The van der Waals surface area contributed by atoms with Crippen molar-refractivity contribution in [2.24, 2.45) is 0 Å². The Labute approximate surface area is 118 Å². The molecular formula is C13H24BrN3O. The summed E-state index contributed by atoms with van der Waals surface area (Å²) in [6, 6.07) is 0.120. The van der Waals surface area contributed by atoms with Crippen LogP contribution in [-0.2, 0) is 11.3 Å². The molecule has 4 nitrogen and oxygen atoms in total. The molecule has 0 saturated carbocycles. The lowest BCUT2D eigenvalue weighted by Crippen LogP contribution is -2.44. The normalized spacial score (nSPS) is 13.9. The standard InChI is InChI=1S/C13H24BrN3O/c1-6-13(7-2,18-5)12(15-4)11-10(14)9-16-17(11)8-3/h9,12,15H,6-8H2,1-5H3. The van der Waals surface area contributed by atoms with E-state index in [1.807, 2.05) is 17.9 Å². The zero-order chi connectivity index (χ0) is 13.8. The third-order valence-electron chi connectivity index (χ3n) is 3.82. The summed E-state index contributed by atoms with van der Waals surface area (Å²) in [5.41, 5.74) is 0.954. The molecule has 1 N–H and O–H groups in total. The smallest absolute Gasteiger partial charge is 0.0882 e. The molecule has 0 aliphatic carbocycles. The van der Waals surface area contributed by atoms with Crippen molar-refractivity contribution in [3.8, 4) is 0 Å². The molecule has 18 heavy (non-hydrogen) atoms. The van der Waals surface area contributed by atoms with Crippen molar-refractivity contribution in [2.45, 2.75) is 51.8 Å². The van der Waals surface area contributed by atoms with Crippen LogP contribution >= 0.6 is 15.9 Å². The van der Waals surface area contributed by atoms with E-state index in [9.17, 15) is 0 Å². The van der Waals surface area contributed by atoms with Crippen LogP contribution < -0.4 is 5.32 Å². The first-order chi connectivity index (χ1) is 8.60. The van der Waals surface area contributed by atoms with Gasteiger partial charge in [0.05, 0.1) is 28.0 Å². The average Bonchev–Trinajstić information content (AvgIpc) is 2.77. The van der Waals surface area contributed by atoms with Gasteiger partial charge in [-0.05, 0) is 42.7 Å². The molecule has 1 aromatic heterocycles. The topological polar surface area (TPSA) is 39.1 Å². The van der Waals surface area contributed by atoms with E-state index < -0.39 is 0 Å². The van der Waals surface area contributed by atoms with Crippen LogP contribution in [0.15, 0.2) is 10.7 Å². The summed E-state index contributed by atoms with van der Waals surface area (Å²) in [5, 5.41) is 7.79. The zero-order valence-electron chi connectivity index (χ0n) is 12.0. The van der Waals surface area contributed by atoms with Crippen LogP contribution in [-0.4, -0.2) is 29.5 Å². The number of hydrogen-bond donors (Lipinski definition) is 1. The monoisotopic (exact) mass is 317 g/mol. The molecule has 1 unspecified atom stereocenters. The number of nitrogens with one attached hydrogen (secondary N) is 1. The summed E-state index contributed by atoms with van der Waals surface area (Å²) in [6.45, 7) is 7.28. The number of likely N-dealkylation sites (N-methyl/N-ethyl adjacent to an activating group) is 1. The highest BCUT2D eigenvalue weighted by atomic mass is 79.9. The molecule has 0 fully saturated rings. The molecule has 0 saturated heterocycles. The van der Waals surface area contributed by atoms with Gasteiger partial charge in [0.25, 0.3) is 0 Å². The molecule has 0 bridgehead atoms. The quantitative estimate of drug-likeness (QED) is 0.839. The number of aromatic nitrogens is 2. The number of halogens is 1. The molecule has 0 amide bonds. The maximum Gasteiger partial charge on any atom is 0.0882 e. The van der Waals surface area contributed by atoms with Crippen molar-refractivity contribution in [3.05, 3.63) is 16.4 Å². The molecule has 1 heterocycles. The van der Waals surface area contributed by atoms with Gasteiger partial charge in [-0.25, -0.2) is 0 Å². The lowest BCUT2D eigenvalue weighted by atomic mass is 9.86. The first kappa shape index (κ1) is 15.7. The van der Waals surface area contributed by atoms with Crippen molar-refractivity contribution in [3.63, 3.8) is 0 Å². The Hall–Kier alpha value is -0.390. The van der Waals surface area contributed by atoms with Crippen molar-refractivity contribution >= 4 is 15.9 Å². The minimum absolute atomic E-state index is 0.120. The summed E-state index contributed by atoms with van der Waals surface area (Å²) < 4.78 is 8.90. The number of aryl methyl sites for hydroxylation is 1. The SMILES string of the molecule is CCn1ncc(Br)c1C(NC)C(CC)(CC)OC. The molecule has 1 rings (SSSR count). The highest BCUT2D eigenvalue weighted by molar-refractivity contribution is 9.10. The van der Waals surface area contributed by atoms with Gasteiger partial charge in [0.15, 0.2) is 0 Å². The molecule has 0 spiro atoms. The van der Waals surface area contributed by atoms with Gasteiger partial charge in [-0.2, -0.15) is 5.10 Å². The Morgan fingerprint density at radius 2 is 2.06 bits per heavy atom. The van der Waals surface area contributed by atoms with Crippen molar-refractivity contribution in [1.82, 2.24) is 15.1 Å². The van der Waals surface area contributed by atoms with Crippen LogP contribution in [0.4, 0.5) is 0 Å². The second-order valence-corrected chi connectivity index (χ2v) is 5.25. The minimum atomic E-state index is -0.204. The van der Waals surface area contributed by atoms with E-state index in [2.05, 4.69) is 47.1 Å². The maximum atomic E-state index is 5.84. The highest BCUT2D eigenvalue weighted by Crippen LogP contribution is 2.37. The summed E-state index contributed by atoms with van der Waals surface area (Å²) in [5.74, 6) is 0. The van der Waals surface area contributed by atoms with E-state index in [1.54, 1.807) is 7.11 Å². The summed E-state index contributed by atoms with van der Waals surface area (Å²) >= 11 is 3.60. The van der Waals surface area contributed by atoms with E-state index in [4.69, 9.17) is 4.74 Å². The van der Waals surface area contributed by atoms with Crippen LogP contribution in [0.2, 0.25) is 0 Å². The minimum Gasteiger partial charge on any atom is -0.376 e. The predicted molar refractivity (Wildman–Crippen MR) is 77.7 cm³/mol. The Morgan fingerprint density at radius 1 is 1.44 bits per heavy atom. The van der Waals surface area contributed by atoms with Gasteiger partial charge < -0.3 is 10.1 Å². The van der Waals surface area contributed by atoms with Crippen molar-refractivity contribution < 1.29 is 4.74 Å². The molecule has 0 radical (unpaired) electrons. The Balaban J connectivity index is 3.27. The number of nitrogens with zero attached hydrogens (tertiary/aromatic N) is 2. The lowest BCUT2D eigenvalue weighted by molar-refractivity contribution is -0.0490. The number of ether oxygens (including phenoxy) is 1. The van der Waals surface area contributed by atoms with E-state index in [1.165, 1.54) is 0 Å². The Kier molecular flexibility index (Phi) is 5.82.